The molecule has 2 aromatic carbocycles. The van der Waals surface area contributed by atoms with Crippen LogP contribution in [-0.2, 0) is 24.7 Å². The fraction of sp³-hybridized carbons (Fsp3) is 0.238. The topological polar surface area (TPSA) is 97.3 Å². The summed E-state index contributed by atoms with van der Waals surface area (Å²) in [6, 6.07) is 15.4. The van der Waals surface area contributed by atoms with Crippen molar-refractivity contribution in [2.24, 2.45) is 11.0 Å². The molecule has 2 atom stereocenters. The predicted molar refractivity (Wildman–Crippen MR) is 104 cm³/mol. The lowest BCUT2D eigenvalue weighted by Gasteiger charge is -2.26. The van der Waals surface area contributed by atoms with Gasteiger partial charge in [0.1, 0.15) is 11.7 Å². The van der Waals surface area contributed by atoms with Crippen molar-refractivity contribution >= 4 is 29.2 Å². The predicted octanol–water partition coefficient (Wildman–Crippen LogP) is 1.60. The first-order valence-electron chi connectivity index (χ1n) is 9.14. The molecule has 0 bridgehead atoms. The lowest BCUT2D eigenvalue weighted by Crippen LogP contribution is -2.48. The Hall–Kier alpha value is -3.68. The Morgan fingerprint density at radius 2 is 1.93 bits per heavy atom. The molecule has 2 aromatic rings. The van der Waals surface area contributed by atoms with Crippen LogP contribution in [0.2, 0.25) is 0 Å². The number of nitrogens with one attached hydrogen (secondary N) is 1. The molecule has 2 amide bonds. The minimum absolute atomic E-state index is 0.112. The normalized spacial score (nSPS) is 22.8. The Labute approximate surface area is 167 Å². The van der Waals surface area contributed by atoms with E-state index in [0.29, 0.717) is 17.0 Å². The average Bonchev–Trinajstić information content (AvgIpc) is 3.25. The van der Waals surface area contributed by atoms with E-state index in [-0.39, 0.29) is 12.3 Å². The van der Waals surface area contributed by atoms with Crippen molar-refractivity contribution < 1.29 is 23.9 Å². The molecule has 1 saturated heterocycles. The van der Waals surface area contributed by atoms with Gasteiger partial charge in [0.2, 0.25) is 5.91 Å². The SMILES string of the molecule is CCOC(=O)C1=NNC2(c3ccccc3)C(=O)N(c3cccc(OC)c3)C(=O)C12. The van der Waals surface area contributed by atoms with Gasteiger partial charge in [-0.25, -0.2) is 9.69 Å². The van der Waals surface area contributed by atoms with Crippen LogP contribution < -0.4 is 15.1 Å². The van der Waals surface area contributed by atoms with Crippen LogP contribution in [0.5, 0.6) is 5.75 Å². The second-order valence-electron chi connectivity index (χ2n) is 6.62. The van der Waals surface area contributed by atoms with Gasteiger partial charge in [0.15, 0.2) is 11.3 Å². The van der Waals surface area contributed by atoms with Crippen LogP contribution in [0.4, 0.5) is 5.69 Å². The number of ether oxygens (including phenoxy) is 2. The largest absolute Gasteiger partial charge is 0.497 e. The monoisotopic (exact) mass is 393 g/mol. The van der Waals surface area contributed by atoms with Crippen LogP contribution in [0.1, 0.15) is 12.5 Å². The van der Waals surface area contributed by atoms with Crippen molar-refractivity contribution in [3.63, 3.8) is 0 Å². The summed E-state index contributed by atoms with van der Waals surface area (Å²) < 4.78 is 10.3. The number of hydrazone groups is 1. The summed E-state index contributed by atoms with van der Waals surface area (Å²) in [6.45, 7) is 1.79. The maximum Gasteiger partial charge on any atom is 0.355 e. The average molecular weight is 393 g/mol. The van der Waals surface area contributed by atoms with Gasteiger partial charge in [-0.05, 0) is 24.6 Å². The Bertz CT molecular complexity index is 1020. The van der Waals surface area contributed by atoms with Crippen LogP contribution in [0.3, 0.4) is 0 Å². The first kappa shape index (κ1) is 18.7. The number of fused-ring (bicyclic) bond motifs is 1. The number of carbonyl (C=O) groups is 3. The molecule has 2 aliphatic heterocycles. The number of amides is 2. The van der Waals surface area contributed by atoms with Gasteiger partial charge in [-0.15, -0.1) is 0 Å². The van der Waals surface area contributed by atoms with Gasteiger partial charge in [-0.3, -0.25) is 15.0 Å². The van der Waals surface area contributed by atoms with Crippen molar-refractivity contribution in [3.05, 3.63) is 60.2 Å². The zero-order chi connectivity index (χ0) is 20.6. The zero-order valence-electron chi connectivity index (χ0n) is 15.9. The number of methoxy groups -OCH3 is 1. The molecule has 8 heteroatoms. The lowest BCUT2D eigenvalue weighted by molar-refractivity contribution is -0.136. The quantitative estimate of drug-likeness (QED) is 0.612. The lowest BCUT2D eigenvalue weighted by atomic mass is 9.79. The van der Waals surface area contributed by atoms with Crippen molar-refractivity contribution in [1.29, 1.82) is 0 Å². The van der Waals surface area contributed by atoms with E-state index in [2.05, 4.69) is 10.5 Å². The van der Waals surface area contributed by atoms with Gasteiger partial charge >= 0.3 is 5.97 Å². The van der Waals surface area contributed by atoms with Crippen molar-refractivity contribution in [3.8, 4) is 5.75 Å². The van der Waals surface area contributed by atoms with Gasteiger partial charge in [0.25, 0.3) is 5.91 Å². The van der Waals surface area contributed by atoms with Gasteiger partial charge in [0.05, 0.1) is 19.4 Å². The molecule has 2 unspecified atom stereocenters. The molecular weight excluding hydrogens is 374 g/mol. The number of rotatable bonds is 5. The fourth-order valence-corrected chi connectivity index (χ4v) is 3.78. The highest BCUT2D eigenvalue weighted by molar-refractivity contribution is 6.47. The van der Waals surface area contributed by atoms with Gasteiger partial charge < -0.3 is 9.47 Å². The highest BCUT2D eigenvalue weighted by Crippen LogP contribution is 2.45. The third-order valence-electron chi connectivity index (χ3n) is 5.09. The van der Waals surface area contributed by atoms with E-state index in [1.165, 1.54) is 7.11 Å². The number of benzene rings is 2. The Balaban J connectivity index is 1.86. The zero-order valence-corrected chi connectivity index (χ0v) is 15.9. The molecule has 0 saturated carbocycles. The van der Waals surface area contributed by atoms with E-state index < -0.39 is 29.2 Å². The van der Waals surface area contributed by atoms with Gasteiger partial charge in [-0.2, -0.15) is 5.10 Å². The first-order valence-corrected chi connectivity index (χ1v) is 9.14. The number of hydrogen-bond donors (Lipinski definition) is 1. The number of nitrogens with zero attached hydrogens (tertiary/aromatic N) is 2. The summed E-state index contributed by atoms with van der Waals surface area (Å²) in [6.07, 6.45) is 0. The van der Waals surface area contributed by atoms with Crippen LogP contribution >= 0.6 is 0 Å². The minimum Gasteiger partial charge on any atom is -0.497 e. The third kappa shape index (κ3) is 2.67. The molecule has 29 heavy (non-hydrogen) atoms. The van der Waals surface area contributed by atoms with Gasteiger partial charge in [0, 0.05) is 6.07 Å². The van der Waals surface area contributed by atoms with Crippen molar-refractivity contribution in [2.75, 3.05) is 18.6 Å². The van der Waals surface area contributed by atoms with Gasteiger partial charge in [-0.1, -0.05) is 36.4 Å². The van der Waals surface area contributed by atoms with E-state index in [1.807, 2.05) is 0 Å². The summed E-state index contributed by atoms with van der Waals surface area (Å²) in [5.74, 6) is -2.43. The molecular formula is C21H19N3O5. The minimum atomic E-state index is -1.51. The van der Waals surface area contributed by atoms with E-state index >= 15 is 0 Å². The maximum absolute atomic E-state index is 13.6. The fourth-order valence-electron chi connectivity index (χ4n) is 3.78. The summed E-state index contributed by atoms with van der Waals surface area (Å²) in [5.41, 5.74) is 2.06. The van der Waals surface area contributed by atoms with E-state index in [0.717, 1.165) is 4.90 Å². The van der Waals surface area contributed by atoms with E-state index in [1.54, 1.807) is 61.5 Å². The van der Waals surface area contributed by atoms with Crippen LogP contribution in [0, 0.1) is 5.92 Å². The molecule has 0 aromatic heterocycles. The molecule has 0 aliphatic carbocycles. The van der Waals surface area contributed by atoms with Crippen LogP contribution in [0.15, 0.2) is 59.7 Å². The molecule has 0 spiro atoms. The second-order valence-corrected chi connectivity index (χ2v) is 6.62. The summed E-state index contributed by atoms with van der Waals surface area (Å²) in [4.78, 5) is 40.6. The summed E-state index contributed by atoms with van der Waals surface area (Å²) in [5, 5.41) is 4.05. The summed E-state index contributed by atoms with van der Waals surface area (Å²) >= 11 is 0. The molecule has 2 heterocycles. The Morgan fingerprint density at radius 3 is 2.62 bits per heavy atom. The molecule has 2 aliphatic rings. The van der Waals surface area contributed by atoms with Crippen LogP contribution in [-0.4, -0.2) is 37.2 Å². The smallest absolute Gasteiger partial charge is 0.355 e. The van der Waals surface area contributed by atoms with E-state index in [9.17, 15) is 14.4 Å². The number of esters is 1. The molecule has 1 fully saturated rings. The first-order chi connectivity index (χ1) is 14.0. The molecule has 4 rings (SSSR count). The molecule has 1 N–H and O–H groups in total. The van der Waals surface area contributed by atoms with E-state index in [4.69, 9.17) is 9.47 Å². The summed E-state index contributed by atoms with van der Waals surface area (Å²) in [7, 11) is 1.50. The molecule has 148 valence electrons. The molecule has 0 radical (unpaired) electrons. The number of carbonyl (C=O) groups excluding carboxylic acids is 3. The number of anilines is 1. The van der Waals surface area contributed by atoms with Crippen molar-refractivity contribution in [2.45, 2.75) is 12.5 Å². The second kappa shape index (κ2) is 7.05. The number of hydrogen-bond acceptors (Lipinski definition) is 7. The van der Waals surface area contributed by atoms with Crippen LogP contribution in [0.25, 0.3) is 0 Å². The standard InChI is InChI=1S/C21H19N3O5/c1-3-29-19(26)17-16-18(25)24(14-10-7-11-15(12-14)28-2)20(27)21(16,23-22-17)13-8-5-4-6-9-13/h4-12,16,23H,3H2,1-2H3. The molecule has 8 nitrogen and oxygen atoms in total. The van der Waals surface area contributed by atoms with Crippen molar-refractivity contribution in [1.82, 2.24) is 5.43 Å². The Morgan fingerprint density at radius 1 is 1.17 bits per heavy atom. The highest BCUT2D eigenvalue weighted by atomic mass is 16.5. The third-order valence-corrected chi connectivity index (χ3v) is 5.09. The number of imide groups is 1. The maximum atomic E-state index is 13.6. The highest BCUT2D eigenvalue weighted by Gasteiger charge is 2.67. The Kier molecular flexibility index (Phi) is 4.54.